The summed E-state index contributed by atoms with van der Waals surface area (Å²) in [6.07, 6.45) is 3.28. The number of ether oxygens (including phenoxy) is 4. The fourth-order valence-electron chi connectivity index (χ4n) is 2.93. The molecule has 0 spiro atoms. The number of anilines is 1. The molecule has 0 radical (unpaired) electrons. The maximum Gasteiger partial charge on any atom is 0.301 e. The van der Waals surface area contributed by atoms with Gasteiger partial charge in [0.05, 0.1) is 28.7 Å². The summed E-state index contributed by atoms with van der Waals surface area (Å²) in [5, 5.41) is 26.2. The van der Waals surface area contributed by atoms with Crippen LogP contribution in [-0.4, -0.2) is 54.1 Å². The summed E-state index contributed by atoms with van der Waals surface area (Å²) >= 11 is 0. The average molecular weight is 424 g/mol. The van der Waals surface area contributed by atoms with Crippen molar-refractivity contribution in [3.05, 3.63) is 51.1 Å². The second kappa shape index (κ2) is 8.83. The highest BCUT2D eigenvalue weighted by Crippen LogP contribution is 2.41. The fourth-order valence-corrected chi connectivity index (χ4v) is 2.93. The lowest BCUT2D eigenvalue weighted by molar-refractivity contribution is -0.440. The minimum Gasteiger partial charge on any atom is -0.349 e. The molecule has 2 rings (SSSR count). The van der Waals surface area contributed by atoms with Crippen molar-refractivity contribution in [2.45, 2.75) is 37.4 Å². The van der Waals surface area contributed by atoms with E-state index in [2.05, 4.69) is 17.1 Å². The van der Waals surface area contributed by atoms with Crippen molar-refractivity contribution in [3.8, 4) is 0 Å². The van der Waals surface area contributed by atoms with Gasteiger partial charge in [-0.25, -0.2) is 0 Å². The number of rotatable bonds is 9. The molecule has 1 N–H and O–H groups in total. The van der Waals surface area contributed by atoms with E-state index < -0.39 is 38.4 Å². The molecular formula is C18H24N4O8. The highest BCUT2D eigenvalue weighted by atomic mass is 16.8. The number of hydrogen-bond acceptors (Lipinski definition) is 10. The van der Waals surface area contributed by atoms with Crippen LogP contribution in [0.2, 0.25) is 0 Å². The van der Waals surface area contributed by atoms with Crippen LogP contribution < -0.4 is 5.43 Å². The Hall–Kier alpha value is -2.93. The summed E-state index contributed by atoms with van der Waals surface area (Å²) in [6.45, 7) is 7.07. The zero-order valence-corrected chi connectivity index (χ0v) is 17.1. The van der Waals surface area contributed by atoms with Crippen molar-refractivity contribution >= 4 is 23.3 Å². The predicted molar refractivity (Wildman–Crippen MR) is 107 cm³/mol. The van der Waals surface area contributed by atoms with E-state index in [0.29, 0.717) is 6.42 Å². The van der Waals surface area contributed by atoms with E-state index in [1.165, 1.54) is 26.5 Å². The molecule has 0 aromatic heterocycles. The largest absolute Gasteiger partial charge is 0.349 e. The maximum absolute atomic E-state index is 11.3. The molecule has 1 heterocycles. The fraction of sp³-hybridized carbons (Fsp3) is 0.500. The van der Waals surface area contributed by atoms with Crippen molar-refractivity contribution < 1.29 is 28.8 Å². The first-order valence-electron chi connectivity index (χ1n) is 8.84. The Labute approximate surface area is 172 Å². The van der Waals surface area contributed by atoms with Gasteiger partial charge in [0.25, 0.3) is 5.69 Å². The Kier molecular flexibility index (Phi) is 6.87. The zero-order valence-electron chi connectivity index (χ0n) is 17.1. The van der Waals surface area contributed by atoms with E-state index in [1.54, 1.807) is 19.9 Å². The van der Waals surface area contributed by atoms with Crippen LogP contribution in [0.15, 0.2) is 36.0 Å². The van der Waals surface area contributed by atoms with Gasteiger partial charge < -0.3 is 18.9 Å². The lowest BCUT2D eigenvalue weighted by Gasteiger charge is -2.52. The smallest absolute Gasteiger partial charge is 0.301 e. The molecule has 1 aromatic rings. The first-order valence-corrected chi connectivity index (χ1v) is 8.84. The van der Waals surface area contributed by atoms with E-state index in [4.69, 9.17) is 18.9 Å². The predicted octanol–water partition coefficient (Wildman–Crippen LogP) is 2.99. The normalized spacial score (nSPS) is 28.9. The van der Waals surface area contributed by atoms with Gasteiger partial charge in [0.2, 0.25) is 11.6 Å². The monoisotopic (exact) mass is 424 g/mol. The number of benzene rings is 1. The van der Waals surface area contributed by atoms with Crippen LogP contribution in [0.4, 0.5) is 17.1 Å². The summed E-state index contributed by atoms with van der Waals surface area (Å²) in [5.41, 5.74) is 0.509. The third kappa shape index (κ3) is 4.46. The van der Waals surface area contributed by atoms with Crippen molar-refractivity contribution in [3.63, 3.8) is 0 Å². The van der Waals surface area contributed by atoms with Crippen molar-refractivity contribution in [1.82, 2.24) is 0 Å². The summed E-state index contributed by atoms with van der Waals surface area (Å²) in [4.78, 5) is 20.7. The van der Waals surface area contributed by atoms with Crippen LogP contribution in [0.25, 0.3) is 0 Å². The van der Waals surface area contributed by atoms with Crippen molar-refractivity contribution in [2.75, 3.05) is 26.3 Å². The second-order valence-electron chi connectivity index (χ2n) is 6.83. The van der Waals surface area contributed by atoms with Crippen molar-refractivity contribution in [1.29, 1.82) is 0 Å². The van der Waals surface area contributed by atoms with Crippen LogP contribution in [0.1, 0.15) is 20.3 Å². The number of nitro benzene ring substituents is 2. The van der Waals surface area contributed by atoms with Gasteiger partial charge >= 0.3 is 5.69 Å². The number of methoxy groups -OCH3 is 2. The molecule has 30 heavy (non-hydrogen) atoms. The second-order valence-corrected chi connectivity index (χ2v) is 6.83. The van der Waals surface area contributed by atoms with E-state index >= 15 is 0 Å². The van der Waals surface area contributed by atoms with Gasteiger partial charge in [-0.1, -0.05) is 6.08 Å². The third-order valence-electron chi connectivity index (χ3n) is 4.96. The number of nitro groups is 2. The molecular weight excluding hydrogens is 400 g/mol. The molecule has 0 unspecified atom stereocenters. The molecule has 1 aliphatic heterocycles. The van der Waals surface area contributed by atoms with Gasteiger partial charge in [0, 0.05) is 26.7 Å². The minimum absolute atomic E-state index is 0.0245. The lowest BCUT2D eigenvalue weighted by Crippen LogP contribution is -2.66. The molecule has 164 valence electrons. The average Bonchev–Trinajstić information content (AvgIpc) is 2.71. The molecule has 1 aromatic carbocycles. The first kappa shape index (κ1) is 23.3. The van der Waals surface area contributed by atoms with Crippen LogP contribution in [0, 0.1) is 20.2 Å². The van der Waals surface area contributed by atoms with E-state index in [9.17, 15) is 20.2 Å². The molecule has 0 saturated carbocycles. The molecule has 0 bridgehead atoms. The van der Waals surface area contributed by atoms with Crippen LogP contribution in [0.3, 0.4) is 0 Å². The minimum atomic E-state index is -1.30. The topological polar surface area (TPSA) is 148 Å². The summed E-state index contributed by atoms with van der Waals surface area (Å²) in [7, 11) is 2.91. The molecule has 12 nitrogen and oxygen atoms in total. The highest BCUT2D eigenvalue weighted by Gasteiger charge is 2.57. The highest BCUT2D eigenvalue weighted by molar-refractivity contribution is 5.72. The Morgan fingerprint density at radius 3 is 2.43 bits per heavy atom. The van der Waals surface area contributed by atoms with Crippen LogP contribution in [-0.2, 0) is 18.9 Å². The van der Waals surface area contributed by atoms with Gasteiger partial charge in [-0.15, -0.1) is 6.58 Å². The van der Waals surface area contributed by atoms with E-state index in [-0.39, 0.29) is 12.3 Å². The number of hydrogen-bond donors (Lipinski definition) is 1. The third-order valence-corrected chi connectivity index (χ3v) is 4.96. The molecule has 0 aliphatic carbocycles. The van der Waals surface area contributed by atoms with Gasteiger partial charge in [-0.2, -0.15) is 5.10 Å². The first-order chi connectivity index (χ1) is 14.1. The quantitative estimate of drug-likeness (QED) is 0.273. The Bertz CT molecular complexity index is 863. The van der Waals surface area contributed by atoms with Gasteiger partial charge in [-0.05, 0) is 19.9 Å². The van der Waals surface area contributed by atoms with Crippen molar-refractivity contribution in [2.24, 2.45) is 5.10 Å². The van der Waals surface area contributed by atoms with Gasteiger partial charge in [0.15, 0.2) is 0 Å². The lowest BCUT2D eigenvalue weighted by atomic mass is 9.96. The summed E-state index contributed by atoms with van der Waals surface area (Å²) < 4.78 is 23.0. The van der Waals surface area contributed by atoms with Gasteiger partial charge in [0.1, 0.15) is 11.3 Å². The molecule has 1 fully saturated rings. The number of nitrogens with one attached hydrogen (secondary N) is 1. The Balaban J connectivity index is 2.31. The van der Waals surface area contributed by atoms with E-state index in [0.717, 1.165) is 12.1 Å². The zero-order chi connectivity index (χ0) is 22.6. The molecule has 3 atom stereocenters. The SMILES string of the molecule is C=CC[C@@]1(/C=N/Nc2ccc([N+](=O)[O-])cc2[N+](=O)[O-])CO[C@](C)(OC)[C@@](C)(OC)O1. The standard InChI is InChI=1S/C18H24N4O8/c1-6-9-18(12-29-16(2,27-4)17(3,28-5)30-18)11-19-20-14-8-7-13(21(23)24)10-15(14)22(25)26/h6-8,10-11,20H,1,9,12H2,2-5H3/b19-11+/t16-,17-,18+/m0/s1. The molecule has 1 aliphatic rings. The molecule has 12 heteroatoms. The summed E-state index contributed by atoms with van der Waals surface area (Å²) in [5.74, 6) is -2.49. The summed E-state index contributed by atoms with van der Waals surface area (Å²) in [6, 6.07) is 3.19. The number of nitrogens with zero attached hydrogens (tertiary/aromatic N) is 3. The van der Waals surface area contributed by atoms with Gasteiger partial charge in [-0.3, -0.25) is 25.7 Å². The van der Waals surface area contributed by atoms with Crippen LogP contribution in [0.5, 0.6) is 0 Å². The molecule has 0 amide bonds. The van der Waals surface area contributed by atoms with E-state index in [1.807, 2.05) is 0 Å². The Morgan fingerprint density at radius 1 is 1.23 bits per heavy atom. The Morgan fingerprint density at radius 2 is 1.90 bits per heavy atom. The number of non-ortho nitro benzene ring substituents is 1. The number of hydrazone groups is 1. The molecule has 1 saturated heterocycles. The maximum atomic E-state index is 11.3. The van der Waals surface area contributed by atoms with Crippen LogP contribution >= 0.6 is 0 Å².